The van der Waals surface area contributed by atoms with Gasteiger partial charge < -0.3 is 11.1 Å². The lowest BCUT2D eigenvalue weighted by atomic mass is 9.95. The van der Waals surface area contributed by atoms with Gasteiger partial charge in [0.15, 0.2) is 0 Å². The lowest BCUT2D eigenvalue weighted by Crippen LogP contribution is -2.53. The van der Waals surface area contributed by atoms with Gasteiger partial charge in [-0.1, -0.05) is 26.2 Å². The van der Waals surface area contributed by atoms with Gasteiger partial charge in [0.25, 0.3) is 0 Å². The molecule has 4 heteroatoms. The van der Waals surface area contributed by atoms with E-state index in [1.165, 1.54) is 32.1 Å². The number of carbonyl (C=O) groups is 1. The van der Waals surface area contributed by atoms with E-state index < -0.39 is 5.54 Å². The van der Waals surface area contributed by atoms with Crippen molar-refractivity contribution in [2.45, 2.75) is 69.6 Å². The molecule has 1 amide bonds. The largest absolute Gasteiger partial charge is 0.368 e. The van der Waals surface area contributed by atoms with Crippen molar-refractivity contribution in [2.75, 3.05) is 12.3 Å². The van der Waals surface area contributed by atoms with Crippen molar-refractivity contribution in [3.63, 3.8) is 0 Å². The van der Waals surface area contributed by atoms with E-state index in [0.717, 1.165) is 30.4 Å². The molecule has 1 rings (SSSR count). The van der Waals surface area contributed by atoms with Crippen LogP contribution in [0.1, 0.15) is 58.8 Å². The highest BCUT2D eigenvalue weighted by molar-refractivity contribution is 7.99. The molecule has 0 spiro atoms. The van der Waals surface area contributed by atoms with Crippen molar-refractivity contribution in [3.8, 4) is 0 Å². The molecular weight excluding hydrogens is 244 g/mol. The van der Waals surface area contributed by atoms with Crippen LogP contribution in [0.2, 0.25) is 0 Å². The van der Waals surface area contributed by atoms with Crippen molar-refractivity contribution < 1.29 is 4.79 Å². The fourth-order valence-corrected chi connectivity index (χ4v) is 3.91. The van der Waals surface area contributed by atoms with Crippen LogP contribution in [0.4, 0.5) is 0 Å². The number of rotatable bonds is 8. The number of carbonyl (C=O) groups excluding carboxylic acids is 1. The Hall–Kier alpha value is -0.220. The summed E-state index contributed by atoms with van der Waals surface area (Å²) in [5.74, 6) is 0.922. The van der Waals surface area contributed by atoms with Gasteiger partial charge in [0, 0.05) is 5.25 Å². The maximum absolute atomic E-state index is 11.5. The van der Waals surface area contributed by atoms with E-state index in [2.05, 4.69) is 17.1 Å². The van der Waals surface area contributed by atoms with Crippen LogP contribution in [0.25, 0.3) is 0 Å². The molecule has 0 aromatic heterocycles. The Morgan fingerprint density at radius 2 is 2.06 bits per heavy atom. The minimum Gasteiger partial charge on any atom is -0.368 e. The predicted molar refractivity (Wildman–Crippen MR) is 79.8 cm³/mol. The van der Waals surface area contributed by atoms with E-state index in [-0.39, 0.29) is 5.91 Å². The third-order valence-electron chi connectivity index (χ3n) is 3.84. The first kappa shape index (κ1) is 15.8. The molecule has 18 heavy (non-hydrogen) atoms. The maximum atomic E-state index is 11.5. The van der Waals surface area contributed by atoms with Crippen molar-refractivity contribution >= 4 is 17.7 Å². The highest BCUT2D eigenvalue weighted by atomic mass is 32.2. The fourth-order valence-electron chi connectivity index (χ4n) is 2.60. The van der Waals surface area contributed by atoms with E-state index in [0.29, 0.717) is 0 Å². The number of nitrogens with two attached hydrogens (primary N) is 1. The second-order valence-electron chi connectivity index (χ2n) is 5.46. The van der Waals surface area contributed by atoms with E-state index in [1.807, 2.05) is 13.8 Å². The van der Waals surface area contributed by atoms with Crippen molar-refractivity contribution in [3.05, 3.63) is 0 Å². The molecule has 1 unspecified atom stereocenters. The van der Waals surface area contributed by atoms with E-state index in [9.17, 15) is 4.79 Å². The summed E-state index contributed by atoms with van der Waals surface area (Å²) in [5.41, 5.74) is 4.95. The Morgan fingerprint density at radius 3 is 2.61 bits per heavy atom. The van der Waals surface area contributed by atoms with E-state index in [4.69, 9.17) is 5.73 Å². The van der Waals surface area contributed by atoms with Crippen molar-refractivity contribution in [2.24, 2.45) is 5.73 Å². The molecule has 106 valence electrons. The number of hydrogen-bond donors (Lipinski definition) is 2. The van der Waals surface area contributed by atoms with Gasteiger partial charge in [-0.15, -0.1) is 0 Å². The molecule has 0 aliphatic heterocycles. The average Bonchev–Trinajstić information content (AvgIpc) is 2.36. The standard InChI is InChI=1S/C14H28N2OS/c1-3-16-14(2,13(15)17)10-7-11-18-12-8-5-4-6-9-12/h12,16H,3-11H2,1-2H3,(H2,15,17). The van der Waals surface area contributed by atoms with Crippen LogP contribution >= 0.6 is 11.8 Å². The van der Waals surface area contributed by atoms with Crippen LogP contribution in [0.3, 0.4) is 0 Å². The van der Waals surface area contributed by atoms with Gasteiger partial charge in [-0.05, 0) is 44.9 Å². The highest BCUT2D eigenvalue weighted by Crippen LogP contribution is 2.29. The van der Waals surface area contributed by atoms with Crippen LogP contribution in [-0.2, 0) is 4.79 Å². The zero-order valence-corrected chi connectivity index (χ0v) is 12.7. The SMILES string of the molecule is CCNC(C)(CCCSC1CCCCC1)C(N)=O. The molecule has 0 heterocycles. The molecule has 1 saturated carbocycles. The molecule has 1 fully saturated rings. The van der Waals surface area contributed by atoms with Crippen LogP contribution in [0.5, 0.6) is 0 Å². The monoisotopic (exact) mass is 272 g/mol. The lowest BCUT2D eigenvalue weighted by Gasteiger charge is -2.27. The molecule has 0 radical (unpaired) electrons. The molecule has 1 aliphatic rings. The summed E-state index contributed by atoms with van der Waals surface area (Å²) in [5, 5.41) is 4.07. The number of nitrogens with one attached hydrogen (secondary N) is 1. The van der Waals surface area contributed by atoms with Crippen molar-refractivity contribution in [1.29, 1.82) is 0 Å². The number of likely N-dealkylation sites (N-methyl/N-ethyl adjacent to an activating group) is 1. The number of primary amides is 1. The number of hydrogen-bond acceptors (Lipinski definition) is 3. The van der Waals surface area contributed by atoms with Crippen LogP contribution < -0.4 is 11.1 Å². The fraction of sp³-hybridized carbons (Fsp3) is 0.929. The van der Waals surface area contributed by atoms with E-state index >= 15 is 0 Å². The average molecular weight is 272 g/mol. The summed E-state index contributed by atoms with van der Waals surface area (Å²) in [7, 11) is 0. The quantitative estimate of drug-likeness (QED) is 0.668. The van der Waals surface area contributed by atoms with Gasteiger partial charge in [0.1, 0.15) is 0 Å². The number of thioether (sulfide) groups is 1. The second kappa shape index (κ2) is 8.05. The summed E-state index contributed by atoms with van der Waals surface area (Å²) < 4.78 is 0. The topological polar surface area (TPSA) is 55.1 Å². The van der Waals surface area contributed by atoms with Gasteiger partial charge in [-0.25, -0.2) is 0 Å². The summed E-state index contributed by atoms with van der Waals surface area (Å²) >= 11 is 2.09. The first-order valence-corrected chi connectivity index (χ1v) is 8.30. The lowest BCUT2D eigenvalue weighted by molar-refractivity contribution is -0.124. The predicted octanol–water partition coefficient (Wildman–Crippen LogP) is 2.69. The first-order valence-electron chi connectivity index (χ1n) is 7.25. The molecule has 3 nitrogen and oxygen atoms in total. The molecule has 1 aliphatic carbocycles. The third kappa shape index (κ3) is 5.19. The minimum absolute atomic E-state index is 0.230. The summed E-state index contributed by atoms with van der Waals surface area (Å²) in [6.45, 7) is 4.72. The Bertz CT molecular complexity index is 254. The molecule has 0 aromatic rings. The summed E-state index contributed by atoms with van der Waals surface area (Å²) in [4.78, 5) is 11.5. The van der Waals surface area contributed by atoms with Gasteiger partial charge in [-0.2, -0.15) is 11.8 Å². The highest BCUT2D eigenvalue weighted by Gasteiger charge is 2.29. The molecule has 0 saturated heterocycles. The van der Waals surface area contributed by atoms with Crippen LogP contribution in [-0.4, -0.2) is 29.0 Å². The molecule has 3 N–H and O–H groups in total. The van der Waals surface area contributed by atoms with Gasteiger partial charge in [-0.3, -0.25) is 4.79 Å². The zero-order chi connectivity index (χ0) is 13.4. The molecule has 0 bridgehead atoms. The Balaban J connectivity index is 2.20. The van der Waals surface area contributed by atoms with Gasteiger partial charge in [0.2, 0.25) is 5.91 Å². The second-order valence-corrected chi connectivity index (χ2v) is 6.87. The van der Waals surface area contributed by atoms with Crippen LogP contribution in [0.15, 0.2) is 0 Å². The smallest absolute Gasteiger partial charge is 0.237 e. The van der Waals surface area contributed by atoms with Crippen molar-refractivity contribution in [1.82, 2.24) is 5.32 Å². The summed E-state index contributed by atoms with van der Waals surface area (Å²) in [6, 6.07) is 0. The molecular formula is C14H28N2OS. The number of amides is 1. The zero-order valence-electron chi connectivity index (χ0n) is 11.8. The summed E-state index contributed by atoms with van der Waals surface area (Å²) in [6.07, 6.45) is 8.87. The Morgan fingerprint density at radius 1 is 1.39 bits per heavy atom. The Kier molecular flexibility index (Phi) is 7.08. The maximum Gasteiger partial charge on any atom is 0.237 e. The first-order chi connectivity index (χ1) is 8.58. The third-order valence-corrected chi connectivity index (χ3v) is 5.30. The normalized spacial score (nSPS) is 20.6. The molecule has 1 atom stereocenters. The van der Waals surface area contributed by atoms with Crippen LogP contribution in [0, 0.1) is 0 Å². The Labute approximate surface area is 116 Å². The molecule has 0 aromatic carbocycles. The van der Waals surface area contributed by atoms with E-state index in [1.54, 1.807) is 0 Å². The van der Waals surface area contributed by atoms with Gasteiger partial charge >= 0.3 is 0 Å². The van der Waals surface area contributed by atoms with Gasteiger partial charge in [0.05, 0.1) is 5.54 Å². The minimum atomic E-state index is -0.526.